The number of nitrogens with one attached hydrogen (secondary N) is 1. The van der Waals surface area contributed by atoms with E-state index < -0.39 is 0 Å². The van der Waals surface area contributed by atoms with Gasteiger partial charge in [-0.05, 0) is 30.7 Å². The SMILES string of the molecule is COc1cc(C(C)NCc2ccnn2C)ccc1OCCO. The lowest BCUT2D eigenvalue weighted by Gasteiger charge is -2.17. The third-order valence-corrected chi connectivity index (χ3v) is 3.55. The molecule has 0 saturated carbocycles. The number of aromatic nitrogens is 2. The third-order valence-electron chi connectivity index (χ3n) is 3.55. The Kier molecular flexibility index (Phi) is 5.80. The fourth-order valence-corrected chi connectivity index (χ4v) is 2.18. The Bertz CT molecular complexity index is 598. The molecule has 1 atom stereocenters. The van der Waals surface area contributed by atoms with E-state index in [-0.39, 0.29) is 19.3 Å². The molecule has 0 fully saturated rings. The third kappa shape index (κ3) is 3.99. The number of ether oxygens (including phenoxy) is 2. The molecule has 0 spiro atoms. The molecule has 1 aromatic heterocycles. The predicted molar refractivity (Wildman–Crippen MR) is 84.0 cm³/mol. The molecule has 0 saturated heterocycles. The first kappa shape index (κ1) is 16.3. The van der Waals surface area contributed by atoms with Crippen molar-refractivity contribution in [3.63, 3.8) is 0 Å². The van der Waals surface area contributed by atoms with Gasteiger partial charge in [0.15, 0.2) is 11.5 Å². The summed E-state index contributed by atoms with van der Waals surface area (Å²) in [6, 6.07) is 7.97. The first-order valence-corrected chi connectivity index (χ1v) is 7.27. The second-order valence-corrected chi connectivity index (χ2v) is 5.03. The Morgan fingerprint density at radius 1 is 1.32 bits per heavy atom. The van der Waals surface area contributed by atoms with Crippen LogP contribution in [0, 0.1) is 0 Å². The molecule has 0 aliphatic heterocycles. The lowest BCUT2D eigenvalue weighted by Crippen LogP contribution is -2.19. The highest BCUT2D eigenvalue weighted by Gasteiger charge is 2.11. The standard InChI is InChI=1S/C16H23N3O3/c1-12(17-11-14-6-7-18-19(14)2)13-4-5-15(22-9-8-20)16(10-13)21-3/h4-7,10,12,17,20H,8-9,11H2,1-3H3. The van der Waals surface area contributed by atoms with Crippen LogP contribution in [0.3, 0.4) is 0 Å². The zero-order chi connectivity index (χ0) is 15.9. The van der Waals surface area contributed by atoms with Gasteiger partial charge in [-0.25, -0.2) is 0 Å². The molecule has 2 aromatic rings. The summed E-state index contributed by atoms with van der Waals surface area (Å²) in [5.41, 5.74) is 2.23. The lowest BCUT2D eigenvalue weighted by atomic mass is 10.1. The van der Waals surface area contributed by atoms with Crippen molar-refractivity contribution in [3.8, 4) is 11.5 Å². The van der Waals surface area contributed by atoms with E-state index in [9.17, 15) is 0 Å². The second kappa shape index (κ2) is 7.82. The van der Waals surface area contributed by atoms with E-state index in [0.29, 0.717) is 11.5 Å². The molecule has 0 radical (unpaired) electrons. The molecule has 6 heteroatoms. The van der Waals surface area contributed by atoms with E-state index in [0.717, 1.165) is 17.8 Å². The second-order valence-electron chi connectivity index (χ2n) is 5.03. The van der Waals surface area contributed by atoms with Crippen LogP contribution in [0.15, 0.2) is 30.5 Å². The van der Waals surface area contributed by atoms with Crippen LogP contribution >= 0.6 is 0 Å². The van der Waals surface area contributed by atoms with Crippen LogP contribution in [0.5, 0.6) is 11.5 Å². The first-order chi connectivity index (χ1) is 10.7. The van der Waals surface area contributed by atoms with Crippen molar-refractivity contribution in [3.05, 3.63) is 41.7 Å². The summed E-state index contributed by atoms with van der Waals surface area (Å²) in [5, 5.41) is 16.4. The Balaban J connectivity index is 2.02. The van der Waals surface area contributed by atoms with Crippen molar-refractivity contribution in [2.24, 2.45) is 7.05 Å². The number of aliphatic hydroxyl groups is 1. The number of hydrogen-bond donors (Lipinski definition) is 2. The normalized spacial score (nSPS) is 12.2. The van der Waals surface area contributed by atoms with Crippen LogP contribution in [-0.2, 0) is 13.6 Å². The topological polar surface area (TPSA) is 68.5 Å². The minimum absolute atomic E-state index is 0.0203. The van der Waals surface area contributed by atoms with Crippen molar-refractivity contribution in [2.75, 3.05) is 20.3 Å². The highest BCUT2D eigenvalue weighted by atomic mass is 16.5. The monoisotopic (exact) mass is 305 g/mol. The minimum Gasteiger partial charge on any atom is -0.493 e. The summed E-state index contributed by atoms with van der Waals surface area (Å²) in [6.07, 6.45) is 1.79. The number of rotatable bonds is 8. The molecule has 1 aromatic carbocycles. The van der Waals surface area contributed by atoms with Crippen LogP contribution in [-0.4, -0.2) is 35.2 Å². The number of aryl methyl sites for hydroxylation is 1. The van der Waals surface area contributed by atoms with Crippen molar-refractivity contribution < 1.29 is 14.6 Å². The molecular weight excluding hydrogens is 282 g/mol. The Labute approximate surface area is 130 Å². The Morgan fingerprint density at radius 3 is 2.77 bits per heavy atom. The molecule has 1 heterocycles. The van der Waals surface area contributed by atoms with Crippen molar-refractivity contribution in [2.45, 2.75) is 19.5 Å². The van der Waals surface area contributed by atoms with Gasteiger partial charge in [-0.2, -0.15) is 5.10 Å². The molecule has 0 aliphatic carbocycles. The molecule has 2 rings (SSSR count). The zero-order valence-corrected chi connectivity index (χ0v) is 13.2. The summed E-state index contributed by atoms with van der Waals surface area (Å²) in [6.45, 7) is 3.07. The average molecular weight is 305 g/mol. The van der Waals surface area contributed by atoms with Gasteiger partial charge in [-0.15, -0.1) is 0 Å². The highest BCUT2D eigenvalue weighted by Crippen LogP contribution is 2.30. The maximum atomic E-state index is 8.83. The van der Waals surface area contributed by atoms with Crippen molar-refractivity contribution >= 4 is 0 Å². The van der Waals surface area contributed by atoms with Gasteiger partial charge in [0.25, 0.3) is 0 Å². The molecule has 2 N–H and O–H groups in total. The maximum absolute atomic E-state index is 8.83. The molecule has 120 valence electrons. The Hall–Kier alpha value is -2.05. The lowest BCUT2D eigenvalue weighted by molar-refractivity contribution is 0.196. The molecule has 0 aliphatic rings. The summed E-state index contributed by atoms with van der Waals surface area (Å²) < 4.78 is 12.6. The van der Waals surface area contributed by atoms with Gasteiger partial charge in [0.1, 0.15) is 6.61 Å². The highest BCUT2D eigenvalue weighted by molar-refractivity contribution is 5.43. The van der Waals surface area contributed by atoms with E-state index >= 15 is 0 Å². The van der Waals surface area contributed by atoms with E-state index in [1.54, 1.807) is 13.3 Å². The maximum Gasteiger partial charge on any atom is 0.161 e. The summed E-state index contributed by atoms with van der Waals surface area (Å²) >= 11 is 0. The van der Waals surface area contributed by atoms with Crippen LogP contribution in [0.4, 0.5) is 0 Å². The van der Waals surface area contributed by atoms with Crippen molar-refractivity contribution in [1.82, 2.24) is 15.1 Å². The summed E-state index contributed by atoms with van der Waals surface area (Å²) in [7, 11) is 3.54. The predicted octanol–water partition coefficient (Wildman–Crippen LogP) is 1.65. The fraction of sp³-hybridized carbons (Fsp3) is 0.438. The van der Waals surface area contributed by atoms with Crippen LogP contribution in [0.2, 0.25) is 0 Å². The number of aliphatic hydroxyl groups excluding tert-OH is 1. The van der Waals surface area contributed by atoms with Gasteiger partial charge in [-0.1, -0.05) is 6.07 Å². The number of benzene rings is 1. The summed E-state index contributed by atoms with van der Waals surface area (Å²) in [4.78, 5) is 0. The van der Waals surface area contributed by atoms with E-state index in [1.165, 1.54) is 0 Å². The van der Waals surface area contributed by atoms with Gasteiger partial charge in [0.2, 0.25) is 0 Å². The molecule has 22 heavy (non-hydrogen) atoms. The van der Waals surface area contributed by atoms with Crippen molar-refractivity contribution in [1.29, 1.82) is 0 Å². The zero-order valence-electron chi connectivity index (χ0n) is 13.2. The minimum atomic E-state index is -0.0203. The number of nitrogens with zero attached hydrogens (tertiary/aromatic N) is 2. The van der Waals surface area contributed by atoms with Crippen LogP contribution in [0.1, 0.15) is 24.2 Å². The molecular formula is C16H23N3O3. The van der Waals surface area contributed by atoms with Gasteiger partial charge in [-0.3, -0.25) is 4.68 Å². The van der Waals surface area contributed by atoms with E-state index in [1.807, 2.05) is 36.0 Å². The first-order valence-electron chi connectivity index (χ1n) is 7.27. The Morgan fingerprint density at radius 2 is 2.14 bits per heavy atom. The molecule has 0 amide bonds. The number of hydrogen-bond acceptors (Lipinski definition) is 5. The number of methoxy groups -OCH3 is 1. The van der Waals surface area contributed by atoms with E-state index in [2.05, 4.69) is 17.3 Å². The molecule has 1 unspecified atom stereocenters. The molecule has 6 nitrogen and oxygen atoms in total. The van der Waals surface area contributed by atoms with Gasteiger partial charge >= 0.3 is 0 Å². The fourth-order valence-electron chi connectivity index (χ4n) is 2.18. The van der Waals surface area contributed by atoms with E-state index in [4.69, 9.17) is 14.6 Å². The average Bonchev–Trinajstić information content (AvgIpc) is 2.95. The van der Waals surface area contributed by atoms with Gasteiger partial charge in [0, 0.05) is 25.8 Å². The largest absolute Gasteiger partial charge is 0.493 e. The van der Waals surface area contributed by atoms with Gasteiger partial charge < -0.3 is 19.9 Å². The van der Waals surface area contributed by atoms with Gasteiger partial charge in [0.05, 0.1) is 19.4 Å². The quantitative estimate of drug-likeness (QED) is 0.776. The summed E-state index contributed by atoms with van der Waals surface area (Å²) in [5.74, 6) is 1.30. The smallest absolute Gasteiger partial charge is 0.161 e. The van der Waals surface area contributed by atoms with Crippen LogP contribution in [0.25, 0.3) is 0 Å². The molecule has 0 bridgehead atoms. The van der Waals surface area contributed by atoms with Crippen LogP contribution < -0.4 is 14.8 Å².